The fourth-order valence-electron chi connectivity index (χ4n) is 3.72. The van der Waals surface area contributed by atoms with E-state index in [4.69, 9.17) is 4.74 Å². The van der Waals surface area contributed by atoms with Crippen molar-refractivity contribution in [1.29, 1.82) is 0 Å². The molecule has 3 N–H and O–H groups in total. The van der Waals surface area contributed by atoms with Crippen molar-refractivity contribution in [2.45, 2.75) is 51.5 Å². The predicted octanol–water partition coefficient (Wildman–Crippen LogP) is 3.66. The molecule has 0 bridgehead atoms. The van der Waals surface area contributed by atoms with Crippen molar-refractivity contribution >= 4 is 45.4 Å². The number of fused-ring (bicyclic) bond motifs is 1. The second-order valence-electron chi connectivity index (χ2n) is 7.54. The standard InChI is InChI=1S/C22H29N3O4S2/c1-14(26)24-16(18-9-5-12-30-18)13-19(27)25-22-20(21(28)23-10-6-11-29-2)15-7-3-4-8-17(15)31-22/h5,9,12,16H,3-4,6-8,10-11,13H2,1-2H3,(H,23,28)(H,24,26)(H,25,27). The second kappa shape index (κ2) is 11.4. The van der Waals surface area contributed by atoms with Crippen molar-refractivity contribution in [2.24, 2.45) is 0 Å². The van der Waals surface area contributed by atoms with E-state index in [0.29, 0.717) is 23.7 Å². The van der Waals surface area contributed by atoms with E-state index in [1.54, 1.807) is 7.11 Å². The van der Waals surface area contributed by atoms with Crippen LogP contribution in [0.3, 0.4) is 0 Å². The molecule has 0 aliphatic heterocycles. The summed E-state index contributed by atoms with van der Waals surface area (Å²) in [4.78, 5) is 39.6. The highest BCUT2D eigenvalue weighted by atomic mass is 32.1. The number of methoxy groups -OCH3 is 1. The predicted molar refractivity (Wildman–Crippen MR) is 124 cm³/mol. The maximum absolute atomic E-state index is 12.9. The average molecular weight is 464 g/mol. The number of hydrogen-bond donors (Lipinski definition) is 3. The van der Waals surface area contributed by atoms with Crippen LogP contribution in [0, 0.1) is 0 Å². The van der Waals surface area contributed by atoms with Gasteiger partial charge in [0.2, 0.25) is 11.8 Å². The van der Waals surface area contributed by atoms with E-state index in [1.807, 2.05) is 17.5 Å². The molecule has 2 aromatic rings. The quantitative estimate of drug-likeness (QED) is 0.469. The molecule has 9 heteroatoms. The summed E-state index contributed by atoms with van der Waals surface area (Å²) in [6.45, 7) is 2.55. The topological polar surface area (TPSA) is 96.5 Å². The van der Waals surface area contributed by atoms with Gasteiger partial charge in [0.25, 0.3) is 5.91 Å². The number of ether oxygens (including phenoxy) is 1. The third-order valence-electron chi connectivity index (χ3n) is 5.12. The number of rotatable bonds is 10. The van der Waals surface area contributed by atoms with E-state index in [-0.39, 0.29) is 24.1 Å². The normalized spacial score (nSPS) is 13.9. The fraction of sp³-hybridized carbons (Fsp3) is 0.500. The van der Waals surface area contributed by atoms with Gasteiger partial charge in [-0.3, -0.25) is 14.4 Å². The van der Waals surface area contributed by atoms with Crippen LogP contribution in [0.1, 0.15) is 64.3 Å². The zero-order valence-corrected chi connectivity index (χ0v) is 19.5. The first-order valence-electron chi connectivity index (χ1n) is 10.5. The molecule has 0 spiro atoms. The van der Waals surface area contributed by atoms with Crippen molar-refractivity contribution in [3.63, 3.8) is 0 Å². The Bertz CT molecular complexity index is 908. The number of nitrogens with one attached hydrogen (secondary N) is 3. The first kappa shape index (κ1) is 23.4. The number of carbonyl (C=O) groups excluding carboxylic acids is 3. The molecule has 3 amide bonds. The third-order valence-corrected chi connectivity index (χ3v) is 7.31. The lowest BCUT2D eigenvalue weighted by Crippen LogP contribution is -2.30. The summed E-state index contributed by atoms with van der Waals surface area (Å²) in [5, 5.41) is 11.3. The Hall–Kier alpha value is -2.23. The minimum absolute atomic E-state index is 0.109. The molecule has 7 nitrogen and oxygen atoms in total. The zero-order chi connectivity index (χ0) is 22.2. The first-order chi connectivity index (χ1) is 15.0. The van der Waals surface area contributed by atoms with E-state index in [0.717, 1.165) is 42.5 Å². The molecule has 1 unspecified atom stereocenters. The average Bonchev–Trinajstić information content (AvgIpc) is 3.38. The van der Waals surface area contributed by atoms with Gasteiger partial charge in [-0.05, 0) is 49.1 Å². The van der Waals surface area contributed by atoms with Crippen LogP contribution in [0.5, 0.6) is 0 Å². The van der Waals surface area contributed by atoms with E-state index >= 15 is 0 Å². The summed E-state index contributed by atoms with van der Waals surface area (Å²) in [6, 6.07) is 3.41. The Morgan fingerprint density at radius 3 is 2.74 bits per heavy atom. The van der Waals surface area contributed by atoms with Crippen LogP contribution in [0.4, 0.5) is 5.00 Å². The molecular formula is C22H29N3O4S2. The molecule has 1 atom stereocenters. The molecular weight excluding hydrogens is 434 g/mol. The van der Waals surface area contributed by atoms with Crippen molar-refractivity contribution in [1.82, 2.24) is 10.6 Å². The molecule has 2 aromatic heterocycles. The highest BCUT2D eigenvalue weighted by Crippen LogP contribution is 2.38. The van der Waals surface area contributed by atoms with Gasteiger partial charge in [-0.15, -0.1) is 22.7 Å². The van der Waals surface area contributed by atoms with Crippen LogP contribution in [0.15, 0.2) is 17.5 Å². The van der Waals surface area contributed by atoms with Gasteiger partial charge in [-0.1, -0.05) is 6.07 Å². The summed E-state index contributed by atoms with van der Waals surface area (Å²) in [6.07, 6.45) is 4.77. The lowest BCUT2D eigenvalue weighted by Gasteiger charge is -2.16. The Balaban J connectivity index is 1.75. The molecule has 1 aliphatic rings. The highest BCUT2D eigenvalue weighted by Gasteiger charge is 2.27. The van der Waals surface area contributed by atoms with E-state index in [9.17, 15) is 14.4 Å². The van der Waals surface area contributed by atoms with Gasteiger partial charge in [0.1, 0.15) is 5.00 Å². The van der Waals surface area contributed by atoms with Crippen molar-refractivity contribution in [3.8, 4) is 0 Å². The molecule has 3 rings (SSSR count). The third kappa shape index (κ3) is 6.38. The minimum atomic E-state index is -0.390. The van der Waals surface area contributed by atoms with Crippen LogP contribution in [0.25, 0.3) is 0 Å². The van der Waals surface area contributed by atoms with Gasteiger partial charge < -0.3 is 20.7 Å². The molecule has 1 aliphatic carbocycles. The van der Waals surface area contributed by atoms with Gasteiger partial charge in [0.05, 0.1) is 18.0 Å². The largest absolute Gasteiger partial charge is 0.385 e. The van der Waals surface area contributed by atoms with Crippen LogP contribution >= 0.6 is 22.7 Å². The van der Waals surface area contributed by atoms with Gasteiger partial charge >= 0.3 is 0 Å². The van der Waals surface area contributed by atoms with E-state index in [2.05, 4.69) is 16.0 Å². The maximum Gasteiger partial charge on any atom is 0.254 e. The number of thiophene rings is 2. The lowest BCUT2D eigenvalue weighted by atomic mass is 9.95. The Morgan fingerprint density at radius 2 is 2.03 bits per heavy atom. The van der Waals surface area contributed by atoms with Gasteiger partial charge in [0.15, 0.2) is 0 Å². The monoisotopic (exact) mass is 463 g/mol. The molecule has 2 heterocycles. The summed E-state index contributed by atoms with van der Waals surface area (Å²) >= 11 is 3.00. The van der Waals surface area contributed by atoms with E-state index < -0.39 is 6.04 Å². The van der Waals surface area contributed by atoms with Crippen molar-refractivity contribution in [2.75, 3.05) is 25.6 Å². The zero-order valence-electron chi connectivity index (χ0n) is 17.9. The van der Waals surface area contributed by atoms with Crippen LogP contribution in [0.2, 0.25) is 0 Å². The van der Waals surface area contributed by atoms with E-state index in [1.165, 1.54) is 34.5 Å². The highest BCUT2D eigenvalue weighted by molar-refractivity contribution is 7.17. The summed E-state index contributed by atoms with van der Waals surface area (Å²) in [5.74, 6) is -0.560. The molecule has 0 fully saturated rings. The van der Waals surface area contributed by atoms with Crippen LogP contribution in [-0.4, -0.2) is 38.0 Å². The van der Waals surface area contributed by atoms with Gasteiger partial charge in [0, 0.05) is 36.9 Å². The smallest absolute Gasteiger partial charge is 0.254 e. The Kier molecular flexibility index (Phi) is 8.62. The number of carbonyl (C=O) groups is 3. The fourth-order valence-corrected chi connectivity index (χ4v) is 5.80. The minimum Gasteiger partial charge on any atom is -0.385 e. The molecule has 168 valence electrons. The number of amides is 3. The van der Waals surface area contributed by atoms with Crippen LogP contribution in [-0.2, 0) is 27.2 Å². The van der Waals surface area contributed by atoms with Crippen LogP contribution < -0.4 is 16.0 Å². The second-order valence-corrected chi connectivity index (χ2v) is 9.62. The summed E-state index contributed by atoms with van der Waals surface area (Å²) in [5.41, 5.74) is 1.66. The molecule has 0 aromatic carbocycles. The Labute approximate surface area is 190 Å². The van der Waals surface area contributed by atoms with Crippen molar-refractivity contribution in [3.05, 3.63) is 38.4 Å². The number of aryl methyl sites for hydroxylation is 1. The van der Waals surface area contributed by atoms with Crippen molar-refractivity contribution < 1.29 is 19.1 Å². The number of hydrogen-bond acceptors (Lipinski definition) is 6. The SMILES string of the molecule is COCCCNC(=O)c1c(NC(=O)CC(NC(C)=O)c2cccs2)sc2c1CCCC2. The van der Waals surface area contributed by atoms with Gasteiger partial charge in [-0.2, -0.15) is 0 Å². The molecule has 0 saturated heterocycles. The summed E-state index contributed by atoms with van der Waals surface area (Å²) < 4.78 is 5.04. The molecule has 0 radical (unpaired) electrons. The number of anilines is 1. The Morgan fingerprint density at radius 1 is 1.23 bits per heavy atom. The molecule has 31 heavy (non-hydrogen) atoms. The first-order valence-corrected chi connectivity index (χ1v) is 12.2. The summed E-state index contributed by atoms with van der Waals surface area (Å²) in [7, 11) is 1.63. The molecule has 0 saturated carbocycles. The lowest BCUT2D eigenvalue weighted by molar-refractivity contribution is -0.120. The van der Waals surface area contributed by atoms with Gasteiger partial charge in [-0.25, -0.2) is 0 Å². The maximum atomic E-state index is 12.9.